The number of rotatable bonds is 4. The third kappa shape index (κ3) is 3.47. The fourth-order valence-corrected chi connectivity index (χ4v) is 4.82. The van der Waals surface area contributed by atoms with E-state index >= 15 is 0 Å². The molecule has 1 atom stereocenters. The number of hydrogen-bond donors (Lipinski definition) is 0. The van der Waals surface area contributed by atoms with Crippen molar-refractivity contribution in [3.8, 4) is 11.6 Å². The lowest BCUT2D eigenvalue weighted by molar-refractivity contribution is 0.220. The van der Waals surface area contributed by atoms with Crippen LogP contribution in [-0.4, -0.2) is 39.4 Å². The highest BCUT2D eigenvalue weighted by Crippen LogP contribution is 2.35. The van der Waals surface area contributed by atoms with Gasteiger partial charge in [-0.3, -0.25) is 4.98 Å². The summed E-state index contributed by atoms with van der Waals surface area (Å²) in [4.78, 5) is 8.67. The zero-order valence-electron chi connectivity index (χ0n) is 14.8. The van der Waals surface area contributed by atoms with Gasteiger partial charge in [0.05, 0.1) is 16.8 Å². The molecule has 0 amide bonds. The molecule has 0 N–H and O–H groups in total. The van der Waals surface area contributed by atoms with Crippen LogP contribution >= 0.6 is 0 Å². The highest BCUT2D eigenvalue weighted by molar-refractivity contribution is 7.89. The van der Waals surface area contributed by atoms with Gasteiger partial charge in [-0.2, -0.15) is 4.31 Å². The lowest BCUT2D eigenvalue weighted by Crippen LogP contribution is -2.38. The van der Waals surface area contributed by atoms with Gasteiger partial charge in [-0.15, -0.1) is 10.2 Å². The minimum Gasteiger partial charge on any atom is -0.417 e. The Balaban J connectivity index is 1.66. The predicted octanol–water partition coefficient (Wildman–Crippen LogP) is 2.75. The quantitative estimate of drug-likeness (QED) is 0.680. The molecule has 3 aromatic rings. The molecule has 27 heavy (non-hydrogen) atoms. The van der Waals surface area contributed by atoms with Gasteiger partial charge in [-0.25, -0.2) is 13.4 Å². The Bertz CT molecular complexity index is 1020. The van der Waals surface area contributed by atoms with Crippen molar-refractivity contribution in [3.05, 3.63) is 54.3 Å². The van der Waals surface area contributed by atoms with Crippen LogP contribution in [0.1, 0.15) is 36.9 Å². The number of aryl methyl sites for hydroxylation is 1. The van der Waals surface area contributed by atoms with E-state index in [0.29, 0.717) is 18.7 Å². The second kappa shape index (κ2) is 7.16. The summed E-state index contributed by atoms with van der Waals surface area (Å²) in [6.07, 6.45) is 5.51. The van der Waals surface area contributed by atoms with E-state index in [1.807, 2.05) is 6.92 Å². The molecule has 9 heteroatoms. The number of benzene rings is 1. The maximum Gasteiger partial charge on any atom is 0.267 e. The van der Waals surface area contributed by atoms with Crippen molar-refractivity contribution < 1.29 is 12.8 Å². The Kier molecular flexibility index (Phi) is 4.71. The molecule has 4 rings (SSSR count). The molecule has 1 aliphatic heterocycles. The zero-order chi connectivity index (χ0) is 18.9. The molecular weight excluding hydrogens is 366 g/mol. The SMILES string of the molecule is Cc1cnc(-c2nnc(C3CCCCN3S(=O)(=O)c3ccccc3)o2)cn1. The van der Waals surface area contributed by atoms with E-state index in [9.17, 15) is 8.42 Å². The lowest BCUT2D eigenvalue weighted by atomic mass is 10.1. The first-order valence-corrected chi connectivity index (χ1v) is 10.2. The number of hydrogen-bond acceptors (Lipinski definition) is 7. The third-order valence-electron chi connectivity index (χ3n) is 4.53. The number of aromatic nitrogens is 4. The summed E-state index contributed by atoms with van der Waals surface area (Å²) in [6, 6.07) is 7.94. The molecule has 0 aliphatic carbocycles. The Hall–Kier alpha value is -2.65. The maximum atomic E-state index is 13.1. The fraction of sp³-hybridized carbons (Fsp3) is 0.333. The zero-order valence-corrected chi connectivity index (χ0v) is 15.6. The molecule has 140 valence electrons. The lowest BCUT2D eigenvalue weighted by Gasteiger charge is -2.32. The highest BCUT2D eigenvalue weighted by atomic mass is 32.2. The van der Waals surface area contributed by atoms with E-state index in [-0.39, 0.29) is 16.7 Å². The van der Waals surface area contributed by atoms with Crippen LogP contribution in [0, 0.1) is 6.92 Å². The Morgan fingerprint density at radius 2 is 1.89 bits per heavy atom. The van der Waals surface area contributed by atoms with Crippen LogP contribution in [0.5, 0.6) is 0 Å². The van der Waals surface area contributed by atoms with Gasteiger partial charge >= 0.3 is 0 Å². The molecule has 0 radical (unpaired) electrons. The van der Waals surface area contributed by atoms with Crippen LogP contribution in [-0.2, 0) is 10.0 Å². The van der Waals surface area contributed by atoms with E-state index in [4.69, 9.17) is 4.42 Å². The van der Waals surface area contributed by atoms with Gasteiger partial charge in [-0.05, 0) is 31.9 Å². The molecule has 1 fully saturated rings. The smallest absolute Gasteiger partial charge is 0.267 e. The summed E-state index contributed by atoms with van der Waals surface area (Å²) in [5.74, 6) is 0.520. The summed E-state index contributed by atoms with van der Waals surface area (Å²) in [7, 11) is -3.64. The second-order valence-corrected chi connectivity index (χ2v) is 8.32. The summed E-state index contributed by atoms with van der Waals surface area (Å²) >= 11 is 0. The van der Waals surface area contributed by atoms with Gasteiger partial charge < -0.3 is 4.42 Å². The van der Waals surface area contributed by atoms with Crippen LogP contribution in [0.2, 0.25) is 0 Å². The molecule has 3 heterocycles. The van der Waals surface area contributed by atoms with Gasteiger partial charge in [0.25, 0.3) is 5.89 Å². The average Bonchev–Trinajstić information content (AvgIpc) is 3.19. The first-order chi connectivity index (χ1) is 13.1. The van der Waals surface area contributed by atoms with Gasteiger partial charge in [-0.1, -0.05) is 24.6 Å². The van der Waals surface area contributed by atoms with Crippen molar-refractivity contribution >= 4 is 10.0 Å². The van der Waals surface area contributed by atoms with E-state index in [0.717, 1.165) is 18.5 Å². The van der Waals surface area contributed by atoms with Gasteiger partial charge in [0.15, 0.2) is 0 Å². The summed E-state index contributed by atoms with van der Waals surface area (Å²) < 4.78 is 33.4. The van der Waals surface area contributed by atoms with Crippen molar-refractivity contribution in [2.45, 2.75) is 37.1 Å². The topological polar surface area (TPSA) is 102 Å². The molecule has 1 saturated heterocycles. The average molecular weight is 385 g/mol. The van der Waals surface area contributed by atoms with Gasteiger partial charge in [0.1, 0.15) is 11.7 Å². The fourth-order valence-electron chi connectivity index (χ4n) is 3.14. The molecule has 2 aromatic heterocycles. The summed E-state index contributed by atoms with van der Waals surface area (Å²) in [5, 5.41) is 8.15. The largest absolute Gasteiger partial charge is 0.417 e. The third-order valence-corrected chi connectivity index (χ3v) is 6.45. The van der Waals surface area contributed by atoms with E-state index in [1.54, 1.807) is 42.7 Å². The first-order valence-electron chi connectivity index (χ1n) is 8.75. The van der Waals surface area contributed by atoms with Crippen LogP contribution in [0.4, 0.5) is 0 Å². The molecular formula is C18H19N5O3S. The normalized spacial score (nSPS) is 18.5. The molecule has 1 aromatic carbocycles. The predicted molar refractivity (Wildman–Crippen MR) is 97.0 cm³/mol. The molecule has 0 saturated carbocycles. The van der Waals surface area contributed by atoms with Crippen LogP contribution in [0.15, 0.2) is 52.0 Å². The van der Waals surface area contributed by atoms with Crippen LogP contribution < -0.4 is 0 Å². The van der Waals surface area contributed by atoms with Crippen molar-refractivity contribution in [2.24, 2.45) is 0 Å². The first kappa shape index (κ1) is 17.7. The summed E-state index contributed by atoms with van der Waals surface area (Å²) in [6.45, 7) is 2.26. The number of sulfonamides is 1. The molecule has 1 aliphatic rings. The minimum atomic E-state index is -3.64. The van der Waals surface area contributed by atoms with Gasteiger partial charge in [0, 0.05) is 12.7 Å². The Morgan fingerprint density at radius 3 is 2.63 bits per heavy atom. The van der Waals surface area contributed by atoms with Gasteiger partial charge in [0.2, 0.25) is 15.9 Å². The number of nitrogens with zero attached hydrogens (tertiary/aromatic N) is 5. The van der Waals surface area contributed by atoms with Crippen molar-refractivity contribution in [3.63, 3.8) is 0 Å². The van der Waals surface area contributed by atoms with Crippen LogP contribution in [0.3, 0.4) is 0 Å². The van der Waals surface area contributed by atoms with Crippen molar-refractivity contribution in [1.29, 1.82) is 0 Å². The van der Waals surface area contributed by atoms with E-state index in [1.165, 1.54) is 4.31 Å². The molecule has 1 unspecified atom stereocenters. The maximum absolute atomic E-state index is 13.1. The molecule has 8 nitrogen and oxygen atoms in total. The Morgan fingerprint density at radius 1 is 1.07 bits per heavy atom. The highest BCUT2D eigenvalue weighted by Gasteiger charge is 2.37. The molecule has 0 spiro atoms. The standard InChI is InChI=1S/C18H19N5O3S/c1-13-11-20-15(12-19-13)17-21-22-18(26-17)16-9-5-6-10-23(16)27(24,25)14-7-3-2-4-8-14/h2-4,7-8,11-12,16H,5-6,9-10H2,1H3. The number of piperidine rings is 1. The van der Waals surface area contributed by atoms with Crippen molar-refractivity contribution in [1.82, 2.24) is 24.5 Å². The van der Waals surface area contributed by atoms with Crippen LogP contribution in [0.25, 0.3) is 11.6 Å². The monoisotopic (exact) mass is 385 g/mol. The minimum absolute atomic E-state index is 0.236. The second-order valence-electron chi connectivity index (χ2n) is 6.43. The van der Waals surface area contributed by atoms with Crippen molar-refractivity contribution in [2.75, 3.05) is 6.54 Å². The van der Waals surface area contributed by atoms with E-state index < -0.39 is 16.1 Å². The van der Waals surface area contributed by atoms with E-state index in [2.05, 4.69) is 20.2 Å². The molecule has 0 bridgehead atoms. The summed E-state index contributed by atoms with van der Waals surface area (Å²) in [5.41, 5.74) is 1.25. The Labute approximate surface area is 157 Å².